The largest absolute Gasteiger partial charge is 0.697 e. The Morgan fingerprint density at radius 1 is 1.00 bits per heavy atom. The summed E-state index contributed by atoms with van der Waals surface area (Å²) in [6.45, 7) is -1.26. The van der Waals surface area contributed by atoms with Crippen molar-refractivity contribution < 1.29 is 23.8 Å². The first-order valence-corrected chi connectivity index (χ1v) is 5.64. The van der Waals surface area contributed by atoms with E-state index < -0.39 is 30.5 Å². The van der Waals surface area contributed by atoms with Crippen LogP contribution in [0, 0.1) is 0 Å². The number of alkyl halides is 4. The average molecular weight is 307 g/mol. The van der Waals surface area contributed by atoms with Gasteiger partial charge in [-0.1, -0.05) is 46.4 Å². The van der Waals surface area contributed by atoms with Crippen molar-refractivity contribution >= 4 is 54.7 Å². The van der Waals surface area contributed by atoms with Gasteiger partial charge in [-0.25, -0.2) is 0 Å². The van der Waals surface area contributed by atoms with Crippen LogP contribution in [-0.4, -0.2) is 32.5 Å². The lowest BCUT2D eigenvalue weighted by atomic mass is 10.8. The minimum Gasteiger partial charge on any atom is -0.361 e. The number of rotatable bonds is 6. The Labute approximate surface area is 101 Å². The molecule has 0 aliphatic heterocycles. The third-order valence-corrected chi connectivity index (χ3v) is 1.80. The molecule has 0 atom stereocenters. The highest BCUT2D eigenvalue weighted by Crippen LogP contribution is 2.31. The molecule has 0 bridgehead atoms. The van der Waals surface area contributed by atoms with Gasteiger partial charge in [-0.2, -0.15) is 0 Å². The third kappa shape index (κ3) is 11.2. The van der Waals surface area contributed by atoms with Crippen LogP contribution in [0.25, 0.3) is 0 Å². The minimum atomic E-state index is -2.62. The fourth-order valence-corrected chi connectivity index (χ4v) is 1.48. The van der Waals surface area contributed by atoms with Crippen molar-refractivity contribution in [3.05, 3.63) is 0 Å². The van der Waals surface area contributed by atoms with Crippen LogP contribution in [0.5, 0.6) is 0 Å². The van der Waals surface area contributed by atoms with Crippen LogP contribution in [0.1, 0.15) is 0 Å². The topological polar surface area (TPSA) is 76.0 Å². The number of hydrogen-bond acceptors (Lipinski definition) is 5. The summed E-state index contributed by atoms with van der Waals surface area (Å²) in [6.07, 6.45) is 0. The van der Waals surface area contributed by atoms with E-state index in [0.717, 1.165) is 0 Å². The minimum absolute atomic E-state index is 0.631. The second-order valence-corrected chi connectivity index (χ2v) is 5.95. The molecule has 0 aromatic heterocycles. The lowest BCUT2D eigenvalue weighted by molar-refractivity contribution is 0.101. The maximum atomic E-state index is 10.8. The summed E-state index contributed by atoms with van der Waals surface area (Å²) in [5.74, 6) is 0. The summed E-state index contributed by atoms with van der Waals surface area (Å²) >= 11 is 20.3. The molecule has 0 saturated heterocycles. The van der Waals surface area contributed by atoms with Gasteiger partial charge in [0.15, 0.2) is 13.2 Å². The quantitative estimate of drug-likeness (QED) is 0.579. The molecule has 10 heteroatoms. The first-order valence-electron chi connectivity index (χ1n) is 3.04. The molecule has 0 radical (unpaired) electrons. The maximum Gasteiger partial charge on any atom is 0.697 e. The second kappa shape index (κ2) is 5.99. The Kier molecular flexibility index (Phi) is 6.46. The van der Waals surface area contributed by atoms with E-state index in [4.69, 9.17) is 56.6 Å². The molecular formula is C4H6Cl4O5P+. The van der Waals surface area contributed by atoms with Crippen molar-refractivity contribution in [1.82, 2.24) is 0 Å². The molecule has 0 aliphatic carbocycles. The maximum absolute atomic E-state index is 10.8. The van der Waals surface area contributed by atoms with Crippen molar-refractivity contribution in [3.63, 3.8) is 0 Å². The SMILES string of the molecule is O=[P+](OCC(O)(Cl)Cl)OCC(O)(Cl)Cl. The van der Waals surface area contributed by atoms with Crippen LogP contribution in [-0.2, 0) is 13.6 Å². The van der Waals surface area contributed by atoms with E-state index in [1.807, 2.05) is 0 Å². The second-order valence-electron chi connectivity index (χ2n) is 2.10. The molecule has 0 fully saturated rings. The predicted octanol–water partition coefficient (Wildman–Crippen LogP) is 1.92. The monoisotopic (exact) mass is 305 g/mol. The van der Waals surface area contributed by atoms with Crippen LogP contribution in [0.15, 0.2) is 0 Å². The highest BCUT2D eigenvalue weighted by molar-refractivity contribution is 7.33. The van der Waals surface area contributed by atoms with Crippen LogP contribution in [0.3, 0.4) is 0 Å². The summed E-state index contributed by atoms with van der Waals surface area (Å²) in [6, 6.07) is 0. The predicted molar refractivity (Wildman–Crippen MR) is 52.8 cm³/mol. The molecule has 0 spiro atoms. The Morgan fingerprint density at radius 2 is 1.29 bits per heavy atom. The van der Waals surface area contributed by atoms with Gasteiger partial charge in [0, 0.05) is 4.57 Å². The van der Waals surface area contributed by atoms with Crippen molar-refractivity contribution in [1.29, 1.82) is 0 Å². The Bertz CT molecular complexity index is 179. The van der Waals surface area contributed by atoms with Crippen LogP contribution in [0.4, 0.5) is 0 Å². The molecule has 14 heavy (non-hydrogen) atoms. The van der Waals surface area contributed by atoms with Gasteiger partial charge in [0.25, 0.3) is 0 Å². The molecule has 0 aliphatic rings. The van der Waals surface area contributed by atoms with Gasteiger partial charge in [0.2, 0.25) is 9.04 Å². The first-order chi connectivity index (χ1) is 6.10. The average Bonchev–Trinajstić information content (AvgIpc) is 1.94. The fraction of sp³-hybridized carbons (Fsp3) is 1.00. The number of hydrogen-bond donors (Lipinski definition) is 2. The van der Waals surface area contributed by atoms with Crippen molar-refractivity contribution in [2.75, 3.05) is 13.2 Å². The molecule has 0 aromatic rings. The molecule has 0 saturated carbocycles. The van der Waals surface area contributed by atoms with Crippen LogP contribution >= 0.6 is 54.7 Å². The van der Waals surface area contributed by atoms with Crippen LogP contribution < -0.4 is 0 Å². The lowest BCUT2D eigenvalue weighted by Gasteiger charge is -2.07. The molecule has 84 valence electrons. The van der Waals surface area contributed by atoms with E-state index in [0.29, 0.717) is 0 Å². The molecule has 0 amide bonds. The smallest absolute Gasteiger partial charge is 0.361 e. The normalized spacial score (nSPS) is 13.0. The summed E-state index contributed by atoms with van der Waals surface area (Å²) < 4.78 is 15.2. The Hall–Kier alpha value is 1.10. The highest BCUT2D eigenvalue weighted by Gasteiger charge is 2.33. The van der Waals surface area contributed by atoms with E-state index in [9.17, 15) is 4.57 Å². The van der Waals surface area contributed by atoms with Gasteiger partial charge in [-0.05, 0) is 0 Å². The van der Waals surface area contributed by atoms with Gasteiger partial charge in [0.1, 0.15) is 0 Å². The zero-order valence-electron chi connectivity index (χ0n) is 6.49. The van der Waals surface area contributed by atoms with E-state index in [1.165, 1.54) is 0 Å². The Balaban J connectivity index is 3.68. The van der Waals surface area contributed by atoms with E-state index in [1.54, 1.807) is 0 Å². The van der Waals surface area contributed by atoms with Gasteiger partial charge < -0.3 is 10.2 Å². The third-order valence-electron chi connectivity index (χ3n) is 0.687. The van der Waals surface area contributed by atoms with Crippen LogP contribution in [0.2, 0.25) is 0 Å². The summed E-state index contributed by atoms with van der Waals surface area (Å²) in [7, 11) is -2.62. The lowest BCUT2D eigenvalue weighted by Crippen LogP contribution is -2.20. The van der Waals surface area contributed by atoms with Gasteiger partial charge in [-0.3, -0.25) is 0 Å². The Morgan fingerprint density at radius 3 is 1.50 bits per heavy atom. The summed E-state index contributed by atoms with van der Waals surface area (Å²) in [5, 5.41) is 17.4. The first kappa shape index (κ1) is 15.1. The van der Waals surface area contributed by atoms with Crippen molar-refractivity contribution in [3.8, 4) is 0 Å². The summed E-state index contributed by atoms with van der Waals surface area (Å²) in [4.78, 5) is 0. The standard InChI is InChI=1S/C4H6Cl4O5P/c5-3(6,9)1-12-14(11)13-2-4(7,8)10/h9-10H,1-2H2/q+1. The molecule has 5 nitrogen and oxygen atoms in total. The number of halogens is 4. The fourth-order valence-electron chi connectivity index (χ4n) is 0.298. The van der Waals surface area contributed by atoms with Crippen molar-refractivity contribution in [2.24, 2.45) is 0 Å². The zero-order chi connectivity index (χ0) is 11.4. The highest BCUT2D eigenvalue weighted by atomic mass is 35.5. The van der Waals surface area contributed by atoms with Gasteiger partial charge in [0.05, 0.1) is 0 Å². The molecule has 0 aromatic carbocycles. The molecular weight excluding hydrogens is 301 g/mol. The van der Waals surface area contributed by atoms with Gasteiger partial charge >= 0.3 is 8.25 Å². The molecule has 2 N–H and O–H groups in total. The zero-order valence-corrected chi connectivity index (χ0v) is 10.4. The van der Waals surface area contributed by atoms with E-state index in [2.05, 4.69) is 9.05 Å². The van der Waals surface area contributed by atoms with Gasteiger partial charge in [-0.15, -0.1) is 9.05 Å². The molecule has 0 rings (SSSR count). The van der Waals surface area contributed by atoms with E-state index in [-0.39, 0.29) is 0 Å². The summed E-state index contributed by atoms with van der Waals surface area (Å²) in [5.41, 5.74) is 0. The molecule has 0 unspecified atom stereocenters. The number of aliphatic hydroxyl groups is 2. The molecule has 0 heterocycles. The van der Waals surface area contributed by atoms with E-state index >= 15 is 0 Å². The van der Waals surface area contributed by atoms with Crippen molar-refractivity contribution in [2.45, 2.75) is 9.04 Å².